The smallest absolute Gasteiger partial charge is 0.317 e. The maximum absolute atomic E-state index is 13.9. The summed E-state index contributed by atoms with van der Waals surface area (Å²) in [6.07, 6.45) is 0.301. The van der Waals surface area contributed by atoms with Gasteiger partial charge in [-0.3, -0.25) is 4.79 Å². The fourth-order valence-corrected chi connectivity index (χ4v) is 3.79. The van der Waals surface area contributed by atoms with E-state index in [-0.39, 0.29) is 23.8 Å². The molecule has 2 aliphatic rings. The molecule has 6 nitrogen and oxygen atoms in total. The number of carbonyl (C=O) groups is 2. The fraction of sp³-hybridized carbons (Fsp3) is 0.333. The summed E-state index contributed by atoms with van der Waals surface area (Å²) in [7, 11) is 0. The van der Waals surface area contributed by atoms with E-state index >= 15 is 0 Å². The Kier molecular flexibility index (Phi) is 5.14. The normalized spacial score (nSPS) is 19.8. The average molecular weight is 382 g/mol. The van der Waals surface area contributed by atoms with Crippen molar-refractivity contribution < 1.29 is 14.0 Å². The van der Waals surface area contributed by atoms with E-state index in [0.717, 1.165) is 5.69 Å². The van der Waals surface area contributed by atoms with Crippen LogP contribution in [0, 0.1) is 5.82 Å². The van der Waals surface area contributed by atoms with Gasteiger partial charge in [0, 0.05) is 44.8 Å². The molecular formula is C21H23FN4O2. The molecule has 2 fully saturated rings. The first-order chi connectivity index (χ1) is 13.6. The van der Waals surface area contributed by atoms with Crippen LogP contribution in [0.3, 0.4) is 0 Å². The maximum Gasteiger partial charge on any atom is 0.317 e. The van der Waals surface area contributed by atoms with E-state index < -0.39 is 0 Å². The summed E-state index contributed by atoms with van der Waals surface area (Å²) >= 11 is 0. The van der Waals surface area contributed by atoms with Crippen molar-refractivity contribution in [2.75, 3.05) is 42.5 Å². The number of piperazine rings is 1. The number of halogens is 1. The van der Waals surface area contributed by atoms with Crippen molar-refractivity contribution in [3.63, 3.8) is 0 Å². The zero-order valence-electron chi connectivity index (χ0n) is 15.6. The van der Waals surface area contributed by atoms with Gasteiger partial charge in [-0.2, -0.15) is 0 Å². The highest BCUT2D eigenvalue weighted by molar-refractivity contribution is 5.96. The Bertz CT molecular complexity index is 852. The van der Waals surface area contributed by atoms with Gasteiger partial charge in [0.25, 0.3) is 0 Å². The lowest BCUT2D eigenvalue weighted by Gasteiger charge is -2.36. The summed E-state index contributed by atoms with van der Waals surface area (Å²) < 4.78 is 13.9. The zero-order chi connectivity index (χ0) is 19.5. The minimum absolute atomic E-state index is 0.0147. The summed E-state index contributed by atoms with van der Waals surface area (Å²) in [6, 6.07) is 15.8. The number of benzene rings is 2. The lowest BCUT2D eigenvalue weighted by atomic mass is 10.2. The number of anilines is 2. The molecule has 7 heteroatoms. The minimum atomic E-state index is -0.245. The first kappa shape index (κ1) is 18.3. The van der Waals surface area contributed by atoms with Crippen molar-refractivity contribution >= 4 is 23.3 Å². The van der Waals surface area contributed by atoms with E-state index in [1.165, 1.54) is 6.07 Å². The number of urea groups is 1. The first-order valence-electron chi connectivity index (χ1n) is 9.52. The van der Waals surface area contributed by atoms with E-state index in [4.69, 9.17) is 0 Å². The molecule has 4 rings (SSSR count). The number of hydrogen-bond acceptors (Lipinski definition) is 3. The summed E-state index contributed by atoms with van der Waals surface area (Å²) in [5, 5.41) is 2.98. The van der Waals surface area contributed by atoms with Crippen LogP contribution in [-0.2, 0) is 4.79 Å². The third kappa shape index (κ3) is 3.78. The molecule has 28 heavy (non-hydrogen) atoms. The number of nitrogens with zero attached hydrogens (tertiary/aromatic N) is 3. The lowest BCUT2D eigenvalue weighted by molar-refractivity contribution is -0.117. The van der Waals surface area contributed by atoms with Crippen molar-refractivity contribution in [1.82, 2.24) is 10.2 Å². The predicted octanol–water partition coefficient (Wildman–Crippen LogP) is 2.46. The number of hydrogen-bond donors (Lipinski definition) is 1. The van der Waals surface area contributed by atoms with Crippen molar-refractivity contribution in [1.29, 1.82) is 0 Å². The molecule has 146 valence electrons. The van der Waals surface area contributed by atoms with E-state index in [0.29, 0.717) is 44.8 Å². The zero-order valence-corrected chi connectivity index (χ0v) is 15.6. The largest absolute Gasteiger partial charge is 0.366 e. The molecule has 1 atom stereocenters. The molecule has 0 bridgehead atoms. The van der Waals surface area contributed by atoms with Crippen molar-refractivity contribution in [2.45, 2.75) is 12.5 Å². The van der Waals surface area contributed by atoms with Crippen LogP contribution in [0.5, 0.6) is 0 Å². The Labute approximate surface area is 163 Å². The monoisotopic (exact) mass is 382 g/mol. The van der Waals surface area contributed by atoms with Gasteiger partial charge >= 0.3 is 6.03 Å². The SMILES string of the molecule is O=C(NC1CC(=O)N(c2ccccc2)C1)N1CCN(c2ccccc2F)CC1. The molecule has 2 heterocycles. The summed E-state index contributed by atoms with van der Waals surface area (Å²) in [4.78, 5) is 30.3. The molecule has 0 aliphatic carbocycles. The first-order valence-corrected chi connectivity index (χ1v) is 9.52. The van der Waals surface area contributed by atoms with Gasteiger partial charge in [0.05, 0.1) is 11.7 Å². The highest BCUT2D eigenvalue weighted by Gasteiger charge is 2.33. The Morgan fingerprint density at radius 3 is 2.36 bits per heavy atom. The lowest BCUT2D eigenvalue weighted by Crippen LogP contribution is -2.54. The second-order valence-corrected chi connectivity index (χ2v) is 7.12. The summed E-state index contributed by atoms with van der Waals surface area (Å²) in [5.74, 6) is -0.230. The minimum Gasteiger partial charge on any atom is -0.366 e. The van der Waals surface area contributed by atoms with Crippen LogP contribution in [0.25, 0.3) is 0 Å². The van der Waals surface area contributed by atoms with E-state index in [2.05, 4.69) is 5.32 Å². The Hall–Kier alpha value is -3.09. The fourth-order valence-electron chi connectivity index (χ4n) is 3.79. The number of rotatable bonds is 3. The van der Waals surface area contributed by atoms with E-state index in [1.807, 2.05) is 41.3 Å². The molecule has 1 unspecified atom stereocenters. The van der Waals surface area contributed by atoms with Crippen molar-refractivity contribution in [2.24, 2.45) is 0 Å². The van der Waals surface area contributed by atoms with Crippen LogP contribution < -0.4 is 15.1 Å². The molecule has 0 spiro atoms. The Morgan fingerprint density at radius 2 is 1.64 bits per heavy atom. The van der Waals surface area contributed by atoms with Crippen LogP contribution >= 0.6 is 0 Å². The van der Waals surface area contributed by atoms with Gasteiger partial charge in [-0.25, -0.2) is 9.18 Å². The molecule has 1 N–H and O–H groups in total. The van der Waals surface area contributed by atoms with Crippen molar-refractivity contribution in [3.05, 3.63) is 60.4 Å². The number of carbonyl (C=O) groups excluding carboxylic acids is 2. The molecule has 2 aliphatic heterocycles. The summed E-state index contributed by atoms with van der Waals surface area (Å²) in [5.41, 5.74) is 1.42. The summed E-state index contributed by atoms with van der Waals surface area (Å²) in [6.45, 7) is 2.67. The van der Waals surface area contributed by atoms with Crippen LogP contribution in [0.15, 0.2) is 54.6 Å². The number of nitrogens with one attached hydrogen (secondary N) is 1. The standard InChI is InChI=1S/C21H23FN4O2/c22-18-8-4-5-9-19(18)24-10-12-25(13-11-24)21(28)23-16-14-20(27)26(15-16)17-6-2-1-3-7-17/h1-9,16H,10-15H2,(H,23,28). The molecule has 2 aromatic rings. The van der Waals surface area contributed by atoms with Gasteiger partial charge in [-0.05, 0) is 24.3 Å². The molecule has 2 saturated heterocycles. The third-order valence-corrected chi connectivity index (χ3v) is 5.28. The molecule has 0 aromatic heterocycles. The van der Waals surface area contributed by atoms with Crippen molar-refractivity contribution in [3.8, 4) is 0 Å². The van der Waals surface area contributed by atoms with Gasteiger partial charge in [-0.1, -0.05) is 30.3 Å². The second kappa shape index (κ2) is 7.88. The third-order valence-electron chi connectivity index (χ3n) is 5.28. The van der Waals surface area contributed by atoms with Gasteiger partial charge in [0.15, 0.2) is 0 Å². The van der Waals surface area contributed by atoms with Gasteiger partial charge in [0.2, 0.25) is 5.91 Å². The van der Waals surface area contributed by atoms with Gasteiger partial charge in [-0.15, -0.1) is 0 Å². The molecular weight excluding hydrogens is 359 g/mol. The maximum atomic E-state index is 13.9. The van der Waals surface area contributed by atoms with E-state index in [1.54, 1.807) is 21.9 Å². The Balaban J connectivity index is 1.31. The van der Waals surface area contributed by atoms with Crippen LogP contribution in [0.2, 0.25) is 0 Å². The predicted molar refractivity (Wildman–Crippen MR) is 106 cm³/mol. The Morgan fingerprint density at radius 1 is 0.964 bits per heavy atom. The topological polar surface area (TPSA) is 55.9 Å². The molecule has 0 saturated carbocycles. The number of para-hydroxylation sites is 2. The highest BCUT2D eigenvalue weighted by atomic mass is 19.1. The van der Waals surface area contributed by atoms with Crippen LogP contribution in [0.1, 0.15) is 6.42 Å². The highest BCUT2D eigenvalue weighted by Crippen LogP contribution is 2.22. The second-order valence-electron chi connectivity index (χ2n) is 7.12. The molecule has 2 aromatic carbocycles. The quantitative estimate of drug-likeness (QED) is 0.887. The number of amides is 3. The molecule has 0 radical (unpaired) electrons. The molecule has 3 amide bonds. The van der Waals surface area contributed by atoms with E-state index in [9.17, 15) is 14.0 Å². The van der Waals surface area contributed by atoms with Crippen LogP contribution in [-0.4, -0.2) is 55.6 Å². The van der Waals surface area contributed by atoms with Crippen LogP contribution in [0.4, 0.5) is 20.6 Å². The van der Waals surface area contributed by atoms with Gasteiger partial charge in [0.1, 0.15) is 5.82 Å². The average Bonchev–Trinajstić information content (AvgIpc) is 3.09. The van der Waals surface area contributed by atoms with Gasteiger partial charge < -0.3 is 20.0 Å².